The molecule has 0 unspecified atom stereocenters. The van der Waals surface area contributed by atoms with Crippen molar-refractivity contribution in [3.63, 3.8) is 0 Å². The molecule has 1 saturated heterocycles. The fraction of sp³-hybridized carbons (Fsp3) is 0.500. The molecule has 4 amide bonds. The van der Waals surface area contributed by atoms with Crippen LogP contribution in [0.3, 0.4) is 0 Å². The Kier molecular flexibility index (Phi) is 1.46. The standard InChI is InChI=1S/C4H8N4O2/c5-3(9)7-1-2-8(6)4(7)10/h1-2,6H2,(H2,5,9). The number of primary amides is 1. The van der Waals surface area contributed by atoms with Gasteiger partial charge in [-0.25, -0.2) is 20.3 Å². The van der Waals surface area contributed by atoms with Crippen LogP contribution in [0.15, 0.2) is 0 Å². The van der Waals surface area contributed by atoms with Crippen LogP contribution < -0.4 is 11.6 Å². The van der Waals surface area contributed by atoms with E-state index in [2.05, 4.69) is 0 Å². The fourth-order valence-electron chi connectivity index (χ4n) is 0.759. The molecule has 0 radical (unpaired) electrons. The van der Waals surface area contributed by atoms with Crippen LogP contribution in [-0.2, 0) is 0 Å². The second-order valence-electron chi connectivity index (χ2n) is 1.97. The highest BCUT2D eigenvalue weighted by Crippen LogP contribution is 2.01. The van der Waals surface area contributed by atoms with E-state index < -0.39 is 12.1 Å². The maximum atomic E-state index is 10.8. The third kappa shape index (κ3) is 0.883. The van der Waals surface area contributed by atoms with E-state index in [0.29, 0.717) is 6.54 Å². The van der Waals surface area contributed by atoms with Crippen molar-refractivity contribution < 1.29 is 9.59 Å². The Hall–Kier alpha value is -1.30. The number of nitrogens with zero attached hydrogens (tertiary/aromatic N) is 2. The normalized spacial score (nSPS) is 18.3. The highest BCUT2D eigenvalue weighted by molar-refractivity contribution is 5.93. The number of hydrazine groups is 1. The fourth-order valence-corrected chi connectivity index (χ4v) is 0.759. The zero-order chi connectivity index (χ0) is 7.72. The minimum atomic E-state index is -0.752. The highest BCUT2D eigenvalue weighted by atomic mass is 16.2. The molecule has 1 rings (SSSR count). The Balaban J connectivity index is 2.66. The smallest absolute Gasteiger partial charge is 0.342 e. The summed E-state index contributed by atoms with van der Waals surface area (Å²) in [5, 5.41) is 0.949. The van der Waals surface area contributed by atoms with E-state index in [-0.39, 0.29) is 6.54 Å². The lowest BCUT2D eigenvalue weighted by molar-refractivity contribution is 0.189. The van der Waals surface area contributed by atoms with Gasteiger partial charge in [0.15, 0.2) is 0 Å². The molecule has 1 fully saturated rings. The maximum Gasteiger partial charge on any atom is 0.342 e. The van der Waals surface area contributed by atoms with E-state index in [4.69, 9.17) is 11.6 Å². The Morgan fingerprint density at radius 2 is 2.10 bits per heavy atom. The van der Waals surface area contributed by atoms with Crippen molar-refractivity contribution in [3.05, 3.63) is 0 Å². The molecule has 1 heterocycles. The molecule has 0 spiro atoms. The summed E-state index contributed by atoms with van der Waals surface area (Å²) in [5.41, 5.74) is 4.83. The first-order valence-corrected chi connectivity index (χ1v) is 2.76. The van der Waals surface area contributed by atoms with Gasteiger partial charge in [0.25, 0.3) is 0 Å². The summed E-state index contributed by atoms with van der Waals surface area (Å²) in [6, 6.07) is -1.29. The van der Waals surface area contributed by atoms with Crippen molar-refractivity contribution >= 4 is 12.1 Å². The van der Waals surface area contributed by atoms with E-state index in [1.807, 2.05) is 0 Å². The first-order chi connectivity index (χ1) is 4.63. The van der Waals surface area contributed by atoms with Crippen LogP contribution in [-0.4, -0.2) is 35.1 Å². The lowest BCUT2D eigenvalue weighted by atomic mass is 10.6. The van der Waals surface area contributed by atoms with Crippen molar-refractivity contribution in [2.45, 2.75) is 0 Å². The molecule has 0 saturated carbocycles. The Morgan fingerprint density at radius 3 is 2.30 bits per heavy atom. The van der Waals surface area contributed by atoms with E-state index >= 15 is 0 Å². The second-order valence-corrected chi connectivity index (χ2v) is 1.97. The summed E-state index contributed by atoms with van der Waals surface area (Å²) in [4.78, 5) is 22.1. The third-order valence-corrected chi connectivity index (χ3v) is 1.31. The van der Waals surface area contributed by atoms with Crippen molar-refractivity contribution in [1.82, 2.24) is 9.91 Å². The predicted molar refractivity (Wildman–Crippen MR) is 32.6 cm³/mol. The average molecular weight is 144 g/mol. The summed E-state index contributed by atoms with van der Waals surface area (Å²) in [6.07, 6.45) is 0. The monoisotopic (exact) mass is 144 g/mol. The first kappa shape index (κ1) is 6.81. The number of carbonyl (C=O) groups excluding carboxylic acids is 2. The van der Waals surface area contributed by atoms with Crippen LogP contribution in [0.5, 0.6) is 0 Å². The van der Waals surface area contributed by atoms with Gasteiger partial charge in [0.2, 0.25) is 0 Å². The van der Waals surface area contributed by atoms with Crippen LogP contribution in [0.4, 0.5) is 9.59 Å². The quantitative estimate of drug-likeness (QED) is 0.326. The molecule has 0 bridgehead atoms. The van der Waals surface area contributed by atoms with Crippen molar-refractivity contribution in [2.75, 3.05) is 13.1 Å². The molecule has 0 aromatic carbocycles. The number of urea groups is 2. The van der Waals surface area contributed by atoms with E-state index in [1.165, 1.54) is 0 Å². The van der Waals surface area contributed by atoms with Gasteiger partial charge in [-0.3, -0.25) is 5.01 Å². The van der Waals surface area contributed by atoms with Crippen LogP contribution in [0.25, 0.3) is 0 Å². The summed E-state index contributed by atoms with van der Waals surface area (Å²) in [7, 11) is 0. The number of rotatable bonds is 0. The third-order valence-electron chi connectivity index (χ3n) is 1.31. The van der Waals surface area contributed by atoms with Crippen LogP contribution >= 0.6 is 0 Å². The zero-order valence-electron chi connectivity index (χ0n) is 5.28. The highest BCUT2D eigenvalue weighted by Gasteiger charge is 2.29. The average Bonchev–Trinajstić information content (AvgIpc) is 2.14. The molecular weight excluding hydrogens is 136 g/mol. The van der Waals surface area contributed by atoms with Gasteiger partial charge in [-0.15, -0.1) is 0 Å². The summed E-state index contributed by atoms with van der Waals surface area (Å²) in [6.45, 7) is 0.631. The van der Waals surface area contributed by atoms with Crippen LogP contribution in [0.1, 0.15) is 0 Å². The van der Waals surface area contributed by atoms with Crippen molar-refractivity contribution in [3.8, 4) is 0 Å². The van der Waals surface area contributed by atoms with Gasteiger partial charge in [0, 0.05) is 0 Å². The SMILES string of the molecule is NC(=O)N1CCN(N)C1=O. The van der Waals surface area contributed by atoms with Crippen LogP contribution in [0, 0.1) is 0 Å². The molecule has 1 aliphatic heterocycles. The lowest BCUT2D eigenvalue weighted by Gasteiger charge is -2.09. The number of hydrogen-bond acceptors (Lipinski definition) is 3. The minimum absolute atomic E-state index is 0.282. The largest absolute Gasteiger partial charge is 0.351 e. The van der Waals surface area contributed by atoms with E-state index in [9.17, 15) is 9.59 Å². The molecule has 10 heavy (non-hydrogen) atoms. The molecule has 0 aliphatic carbocycles. The molecule has 0 atom stereocenters. The zero-order valence-corrected chi connectivity index (χ0v) is 5.28. The predicted octanol–water partition coefficient (Wildman–Crippen LogP) is -1.32. The first-order valence-electron chi connectivity index (χ1n) is 2.76. The number of carbonyl (C=O) groups is 2. The van der Waals surface area contributed by atoms with Gasteiger partial charge in [0.05, 0.1) is 13.1 Å². The molecule has 6 heteroatoms. The molecule has 6 nitrogen and oxygen atoms in total. The summed E-state index contributed by atoms with van der Waals surface area (Å²) in [5.74, 6) is 5.14. The molecule has 0 aromatic rings. The van der Waals surface area contributed by atoms with Gasteiger partial charge in [-0.1, -0.05) is 0 Å². The minimum Gasteiger partial charge on any atom is -0.351 e. The number of amides is 4. The number of nitrogens with two attached hydrogens (primary N) is 2. The Labute approximate surface area is 57.3 Å². The Morgan fingerprint density at radius 1 is 1.50 bits per heavy atom. The summed E-state index contributed by atoms with van der Waals surface area (Å²) < 4.78 is 0. The number of hydrogen-bond donors (Lipinski definition) is 2. The van der Waals surface area contributed by atoms with Gasteiger partial charge in [0.1, 0.15) is 0 Å². The van der Waals surface area contributed by atoms with Gasteiger partial charge < -0.3 is 5.73 Å². The van der Waals surface area contributed by atoms with Crippen molar-refractivity contribution in [2.24, 2.45) is 11.6 Å². The van der Waals surface area contributed by atoms with Gasteiger partial charge >= 0.3 is 12.1 Å². The molecular formula is C4H8N4O2. The molecule has 56 valence electrons. The molecule has 1 aliphatic rings. The summed E-state index contributed by atoms with van der Waals surface area (Å²) >= 11 is 0. The van der Waals surface area contributed by atoms with E-state index in [1.54, 1.807) is 0 Å². The van der Waals surface area contributed by atoms with Gasteiger partial charge in [-0.05, 0) is 0 Å². The van der Waals surface area contributed by atoms with Gasteiger partial charge in [-0.2, -0.15) is 0 Å². The molecule has 4 N–H and O–H groups in total. The lowest BCUT2D eigenvalue weighted by Crippen LogP contribution is -2.41. The topological polar surface area (TPSA) is 92.7 Å². The number of imide groups is 1. The van der Waals surface area contributed by atoms with Crippen LogP contribution in [0.2, 0.25) is 0 Å². The van der Waals surface area contributed by atoms with Crippen molar-refractivity contribution in [1.29, 1.82) is 0 Å². The maximum absolute atomic E-state index is 10.8. The van der Waals surface area contributed by atoms with E-state index in [0.717, 1.165) is 9.91 Å². The molecule has 0 aromatic heterocycles. The Bertz CT molecular complexity index is 180. The second kappa shape index (κ2) is 2.14.